The molecular formula is C26H20F2N10O. The van der Waals surface area contributed by atoms with Crippen LogP contribution in [0.5, 0.6) is 0 Å². The Hall–Kier alpha value is -5.51. The van der Waals surface area contributed by atoms with Crippen LogP contribution in [0.3, 0.4) is 0 Å². The molecule has 5 rings (SSSR count). The molecule has 0 unspecified atom stereocenters. The van der Waals surface area contributed by atoms with Crippen LogP contribution < -0.4 is 16.4 Å². The van der Waals surface area contributed by atoms with Gasteiger partial charge in [0.2, 0.25) is 0 Å². The molecule has 194 valence electrons. The molecule has 0 spiro atoms. The van der Waals surface area contributed by atoms with Gasteiger partial charge < -0.3 is 16.4 Å². The lowest BCUT2D eigenvalue weighted by molar-refractivity contribution is 0.0935. The number of carbonyl (C=O) groups excluding carboxylic acids is 1. The molecule has 11 nitrogen and oxygen atoms in total. The van der Waals surface area contributed by atoms with Gasteiger partial charge in [0.15, 0.2) is 45.8 Å². The van der Waals surface area contributed by atoms with Crippen LogP contribution in [0.25, 0.3) is 22.4 Å². The van der Waals surface area contributed by atoms with Crippen LogP contribution >= 0.6 is 0 Å². The molecule has 0 fully saturated rings. The van der Waals surface area contributed by atoms with Crippen LogP contribution in [-0.2, 0) is 6.54 Å². The number of benzene rings is 2. The van der Waals surface area contributed by atoms with Crippen LogP contribution in [0.1, 0.15) is 40.3 Å². The van der Waals surface area contributed by atoms with E-state index in [4.69, 9.17) is 5.73 Å². The second-order valence-electron chi connectivity index (χ2n) is 8.54. The second kappa shape index (κ2) is 10.5. The summed E-state index contributed by atoms with van der Waals surface area (Å²) in [5.41, 5.74) is 9.32. The molecular weight excluding hydrogens is 506 g/mol. The van der Waals surface area contributed by atoms with Crippen LogP contribution in [-0.4, -0.2) is 36.0 Å². The summed E-state index contributed by atoms with van der Waals surface area (Å²) < 4.78 is 26.9. The number of nitrogens with zero attached hydrogens (tertiary/aromatic N) is 6. The smallest absolute Gasteiger partial charge is 0.274 e. The molecule has 0 saturated carbocycles. The normalized spacial score (nSPS) is 11.6. The average molecular weight is 527 g/mol. The third-order valence-corrected chi connectivity index (χ3v) is 5.90. The largest absolute Gasteiger partial charge is 0.380 e. The third kappa shape index (κ3) is 5.30. The minimum atomic E-state index is -1.02. The van der Waals surface area contributed by atoms with Gasteiger partial charge in [-0.25, -0.2) is 28.7 Å². The van der Waals surface area contributed by atoms with Crippen molar-refractivity contribution < 1.29 is 13.6 Å². The lowest BCUT2D eigenvalue weighted by Gasteiger charge is -2.16. The topological polar surface area (TPSA) is 171 Å². The van der Waals surface area contributed by atoms with Crippen molar-refractivity contribution in [3.05, 3.63) is 89.0 Å². The standard InChI is InChI=1S/C26H20F2N10O/c1-13(16-6-7-18(27)19(28)8-16)34-26(39)22-24(32-11-17(9-29)35-22)31-10-14-2-4-15(5-3-14)20-12-33-25-21(36-20)23(30)37-38-25/h2-8,11-13H,10H2,1H3,(H,31,32)(H,34,39)(H3,30,33,37,38)/t13-/m0/s1. The first kappa shape index (κ1) is 25.2. The molecule has 0 aliphatic heterocycles. The van der Waals surface area contributed by atoms with Gasteiger partial charge in [-0.15, -0.1) is 0 Å². The van der Waals surface area contributed by atoms with Gasteiger partial charge >= 0.3 is 0 Å². The SMILES string of the molecule is C[C@H](NC(=O)c1nc(C#N)cnc1NCc1ccc(-c2cnc3[nH]nc(N)c3n2)cc1)c1ccc(F)c(F)c1. The molecule has 2 aromatic carbocycles. The highest BCUT2D eigenvalue weighted by Crippen LogP contribution is 2.22. The molecule has 3 aromatic heterocycles. The van der Waals surface area contributed by atoms with E-state index in [1.807, 2.05) is 30.3 Å². The number of aromatic nitrogens is 6. The second-order valence-corrected chi connectivity index (χ2v) is 8.54. The highest BCUT2D eigenvalue weighted by atomic mass is 19.2. The van der Waals surface area contributed by atoms with Crippen molar-refractivity contribution in [2.75, 3.05) is 11.1 Å². The summed E-state index contributed by atoms with van der Waals surface area (Å²) in [6.45, 7) is 1.91. The number of H-pyrrole nitrogens is 1. The number of anilines is 2. The quantitative estimate of drug-likeness (QED) is 0.247. The van der Waals surface area contributed by atoms with Crippen molar-refractivity contribution in [3.63, 3.8) is 0 Å². The fraction of sp³-hybridized carbons (Fsp3) is 0.115. The van der Waals surface area contributed by atoms with Crippen molar-refractivity contribution >= 4 is 28.7 Å². The fourth-order valence-electron chi connectivity index (χ4n) is 3.79. The Morgan fingerprint density at radius 2 is 1.90 bits per heavy atom. The molecule has 0 aliphatic rings. The summed E-state index contributed by atoms with van der Waals surface area (Å²) in [5, 5.41) is 21.6. The Bertz CT molecular complexity index is 1730. The number of nitrogen functional groups attached to an aromatic ring is 1. The number of fused-ring (bicyclic) bond motifs is 1. The van der Waals surface area contributed by atoms with Gasteiger partial charge in [0, 0.05) is 12.1 Å². The molecule has 0 radical (unpaired) electrons. The molecule has 0 aliphatic carbocycles. The molecule has 3 heterocycles. The zero-order valence-corrected chi connectivity index (χ0v) is 20.4. The van der Waals surface area contributed by atoms with Gasteiger partial charge in [-0.3, -0.25) is 9.89 Å². The zero-order valence-electron chi connectivity index (χ0n) is 20.4. The Balaban J connectivity index is 1.31. The number of amides is 1. The zero-order chi connectivity index (χ0) is 27.5. The van der Waals surface area contributed by atoms with Crippen molar-refractivity contribution in [1.29, 1.82) is 5.26 Å². The summed E-state index contributed by atoms with van der Waals surface area (Å²) in [4.78, 5) is 30.1. The number of nitrogens with one attached hydrogen (secondary N) is 3. The molecule has 0 saturated heterocycles. The van der Waals surface area contributed by atoms with Crippen LogP contribution in [0, 0.1) is 23.0 Å². The van der Waals surface area contributed by atoms with Crippen LogP contribution in [0.15, 0.2) is 54.9 Å². The first-order chi connectivity index (χ1) is 18.8. The molecule has 39 heavy (non-hydrogen) atoms. The number of aromatic amines is 1. The van der Waals surface area contributed by atoms with Gasteiger partial charge in [0.25, 0.3) is 5.91 Å². The van der Waals surface area contributed by atoms with Crippen LogP contribution in [0.4, 0.5) is 20.4 Å². The highest BCUT2D eigenvalue weighted by Gasteiger charge is 2.19. The first-order valence-electron chi connectivity index (χ1n) is 11.6. The minimum absolute atomic E-state index is 0.0492. The van der Waals surface area contributed by atoms with Gasteiger partial charge in [-0.05, 0) is 30.2 Å². The van der Waals surface area contributed by atoms with E-state index >= 15 is 0 Å². The van der Waals surface area contributed by atoms with Crippen molar-refractivity contribution in [1.82, 2.24) is 35.5 Å². The van der Waals surface area contributed by atoms with Crippen molar-refractivity contribution in [2.45, 2.75) is 19.5 Å². The number of carbonyl (C=O) groups is 1. The average Bonchev–Trinajstić information content (AvgIpc) is 3.33. The summed E-state index contributed by atoms with van der Waals surface area (Å²) in [6, 6.07) is 12.0. The Labute approximate surface area is 220 Å². The van der Waals surface area contributed by atoms with Crippen LogP contribution in [0.2, 0.25) is 0 Å². The summed E-state index contributed by atoms with van der Waals surface area (Å²) >= 11 is 0. The minimum Gasteiger partial charge on any atom is -0.380 e. The number of hydrogen-bond donors (Lipinski definition) is 4. The predicted molar refractivity (Wildman–Crippen MR) is 138 cm³/mol. The van der Waals surface area contributed by atoms with E-state index in [2.05, 4.69) is 40.8 Å². The van der Waals surface area contributed by atoms with Gasteiger partial charge in [0.1, 0.15) is 6.07 Å². The van der Waals surface area contributed by atoms with Crippen molar-refractivity contribution in [2.24, 2.45) is 0 Å². The van der Waals surface area contributed by atoms with E-state index < -0.39 is 23.6 Å². The van der Waals surface area contributed by atoms with Gasteiger partial charge in [0.05, 0.1) is 24.1 Å². The number of nitriles is 1. The molecule has 5 aromatic rings. The number of nitrogens with two attached hydrogens (primary N) is 1. The van der Waals surface area contributed by atoms with E-state index in [1.54, 1.807) is 13.1 Å². The monoisotopic (exact) mass is 526 g/mol. The lowest BCUT2D eigenvalue weighted by atomic mass is 10.1. The summed E-state index contributed by atoms with van der Waals surface area (Å²) in [7, 11) is 0. The van der Waals surface area contributed by atoms with Gasteiger partial charge in [-0.2, -0.15) is 10.4 Å². The van der Waals surface area contributed by atoms with E-state index in [0.717, 1.165) is 23.3 Å². The van der Waals surface area contributed by atoms with E-state index in [0.29, 0.717) is 29.0 Å². The number of rotatable bonds is 7. The summed E-state index contributed by atoms with van der Waals surface area (Å²) in [6.07, 6.45) is 2.86. The van der Waals surface area contributed by atoms with Crippen molar-refractivity contribution in [3.8, 4) is 17.3 Å². The summed E-state index contributed by atoms with van der Waals surface area (Å²) in [5.74, 6) is -2.22. The maximum absolute atomic E-state index is 13.6. The first-order valence-corrected chi connectivity index (χ1v) is 11.6. The maximum Gasteiger partial charge on any atom is 0.274 e. The van der Waals surface area contributed by atoms with E-state index in [9.17, 15) is 18.8 Å². The third-order valence-electron chi connectivity index (χ3n) is 5.90. The number of hydrogen-bond acceptors (Lipinski definition) is 9. The van der Waals surface area contributed by atoms with E-state index in [-0.39, 0.29) is 23.0 Å². The molecule has 0 bridgehead atoms. The number of halogens is 2. The Morgan fingerprint density at radius 1 is 1.10 bits per heavy atom. The van der Waals surface area contributed by atoms with E-state index in [1.165, 1.54) is 12.3 Å². The maximum atomic E-state index is 13.6. The Kier molecular flexibility index (Phi) is 6.75. The molecule has 13 heteroatoms. The predicted octanol–water partition coefficient (Wildman–Crippen LogP) is 3.65. The lowest BCUT2D eigenvalue weighted by Crippen LogP contribution is -2.29. The van der Waals surface area contributed by atoms with Gasteiger partial charge in [-0.1, -0.05) is 30.3 Å². The Morgan fingerprint density at radius 3 is 2.64 bits per heavy atom. The molecule has 1 atom stereocenters. The molecule has 5 N–H and O–H groups in total. The molecule has 1 amide bonds. The fourth-order valence-corrected chi connectivity index (χ4v) is 3.79. The highest BCUT2D eigenvalue weighted by molar-refractivity contribution is 5.97.